The van der Waals surface area contributed by atoms with Gasteiger partial charge in [0.25, 0.3) is 0 Å². The second-order valence-electron chi connectivity index (χ2n) is 3.95. The lowest BCUT2D eigenvalue weighted by molar-refractivity contribution is 0.504. The lowest BCUT2D eigenvalue weighted by atomic mass is 10.0. The van der Waals surface area contributed by atoms with Crippen LogP contribution in [-0.4, -0.2) is 11.5 Å². The summed E-state index contributed by atoms with van der Waals surface area (Å²) in [5.74, 6) is -0.800. The first kappa shape index (κ1) is 13.1. The van der Waals surface area contributed by atoms with Crippen LogP contribution in [0, 0.1) is 11.6 Å². The average Bonchev–Trinajstić information content (AvgIpc) is 2.85. The summed E-state index contributed by atoms with van der Waals surface area (Å²) in [6, 6.07) is 3.33. The summed E-state index contributed by atoms with van der Waals surface area (Å²) >= 11 is 1.51. The molecule has 0 saturated heterocycles. The second-order valence-corrected chi connectivity index (χ2v) is 4.92. The number of nitrogens with one attached hydrogen (secondary N) is 1. The Morgan fingerprint density at radius 1 is 1.39 bits per heavy atom. The van der Waals surface area contributed by atoms with Gasteiger partial charge in [-0.3, -0.25) is 4.98 Å². The molecule has 2 rings (SSSR count). The van der Waals surface area contributed by atoms with Crippen LogP contribution in [-0.2, 0) is 6.42 Å². The molecule has 0 aliphatic heterocycles. The lowest BCUT2D eigenvalue weighted by Gasteiger charge is -2.18. The molecule has 1 aromatic heterocycles. The normalized spacial score (nSPS) is 12.6. The first-order valence-electron chi connectivity index (χ1n) is 5.76. The van der Waals surface area contributed by atoms with E-state index in [-0.39, 0.29) is 11.9 Å². The van der Waals surface area contributed by atoms with E-state index in [1.54, 1.807) is 11.7 Å². The van der Waals surface area contributed by atoms with Gasteiger partial charge in [0.2, 0.25) is 0 Å². The van der Waals surface area contributed by atoms with E-state index in [2.05, 4.69) is 10.3 Å². The van der Waals surface area contributed by atoms with Crippen molar-refractivity contribution in [1.82, 2.24) is 10.3 Å². The van der Waals surface area contributed by atoms with Crippen LogP contribution >= 0.6 is 11.3 Å². The second kappa shape index (κ2) is 6.02. The van der Waals surface area contributed by atoms with Crippen molar-refractivity contribution in [2.24, 2.45) is 0 Å². The van der Waals surface area contributed by atoms with Crippen molar-refractivity contribution in [2.45, 2.75) is 19.4 Å². The third kappa shape index (κ3) is 3.11. The first-order valence-corrected chi connectivity index (χ1v) is 6.64. The molecule has 5 heteroatoms. The van der Waals surface area contributed by atoms with Gasteiger partial charge in [0.05, 0.1) is 5.51 Å². The minimum Gasteiger partial charge on any atom is -0.310 e. The Morgan fingerprint density at radius 3 is 2.89 bits per heavy atom. The van der Waals surface area contributed by atoms with E-state index in [1.165, 1.54) is 23.5 Å². The smallest absolute Gasteiger partial charge is 0.128 e. The Labute approximate surface area is 109 Å². The zero-order valence-electron chi connectivity index (χ0n) is 9.99. The Kier molecular flexibility index (Phi) is 4.38. The molecule has 1 atom stereocenters. The van der Waals surface area contributed by atoms with Gasteiger partial charge in [-0.15, -0.1) is 11.3 Å². The van der Waals surface area contributed by atoms with Crippen LogP contribution in [0.2, 0.25) is 0 Å². The molecular formula is C13H14F2N2S. The molecule has 1 unspecified atom stereocenters. The molecule has 0 spiro atoms. The molecule has 18 heavy (non-hydrogen) atoms. The van der Waals surface area contributed by atoms with Crippen LogP contribution in [0.3, 0.4) is 0 Å². The molecule has 0 bridgehead atoms. The van der Waals surface area contributed by atoms with Crippen molar-refractivity contribution in [3.05, 3.63) is 52.0 Å². The number of nitrogens with zero attached hydrogens (tertiary/aromatic N) is 1. The van der Waals surface area contributed by atoms with Crippen LogP contribution in [0.1, 0.15) is 23.4 Å². The molecule has 1 N–H and O–H groups in total. The minimum absolute atomic E-state index is 0.230. The van der Waals surface area contributed by atoms with E-state index in [1.807, 2.05) is 6.92 Å². The zero-order chi connectivity index (χ0) is 13.0. The number of hydrogen-bond acceptors (Lipinski definition) is 3. The topological polar surface area (TPSA) is 24.9 Å². The summed E-state index contributed by atoms with van der Waals surface area (Å²) in [7, 11) is 0. The van der Waals surface area contributed by atoms with Crippen molar-refractivity contribution in [3.63, 3.8) is 0 Å². The van der Waals surface area contributed by atoms with Gasteiger partial charge in [0.15, 0.2) is 0 Å². The van der Waals surface area contributed by atoms with E-state index < -0.39 is 5.82 Å². The lowest BCUT2D eigenvalue weighted by Crippen LogP contribution is -2.23. The highest BCUT2D eigenvalue weighted by Crippen LogP contribution is 2.23. The van der Waals surface area contributed by atoms with Crippen LogP contribution in [0.5, 0.6) is 0 Å². The highest BCUT2D eigenvalue weighted by atomic mass is 32.1. The largest absolute Gasteiger partial charge is 0.310 e. The van der Waals surface area contributed by atoms with E-state index in [0.717, 1.165) is 10.9 Å². The minimum atomic E-state index is -0.418. The predicted molar refractivity (Wildman–Crippen MR) is 68.6 cm³/mol. The van der Waals surface area contributed by atoms with E-state index in [4.69, 9.17) is 0 Å². The van der Waals surface area contributed by atoms with Crippen LogP contribution in [0.15, 0.2) is 29.9 Å². The molecule has 0 fully saturated rings. The number of hydrogen-bond donors (Lipinski definition) is 1. The van der Waals surface area contributed by atoms with Crippen molar-refractivity contribution in [3.8, 4) is 0 Å². The third-order valence-electron chi connectivity index (χ3n) is 2.67. The summed E-state index contributed by atoms with van der Waals surface area (Å²) in [6.45, 7) is 2.64. The molecule has 0 radical (unpaired) electrons. The number of halogens is 2. The number of rotatable bonds is 5. The summed E-state index contributed by atoms with van der Waals surface area (Å²) in [4.78, 5) is 5.04. The van der Waals surface area contributed by atoms with Gasteiger partial charge in [-0.05, 0) is 24.7 Å². The highest BCUT2D eigenvalue weighted by molar-refractivity contribution is 7.09. The molecule has 1 heterocycles. The summed E-state index contributed by atoms with van der Waals surface area (Å²) in [6.07, 6.45) is 2.37. The van der Waals surface area contributed by atoms with Crippen molar-refractivity contribution in [2.75, 3.05) is 6.54 Å². The molecule has 0 saturated carbocycles. The molecule has 2 aromatic rings. The van der Waals surface area contributed by atoms with Gasteiger partial charge in [0.1, 0.15) is 11.6 Å². The van der Waals surface area contributed by atoms with E-state index in [9.17, 15) is 8.78 Å². The molecule has 0 aliphatic rings. The maximum absolute atomic E-state index is 13.8. The van der Waals surface area contributed by atoms with Gasteiger partial charge in [-0.2, -0.15) is 0 Å². The van der Waals surface area contributed by atoms with Crippen LogP contribution < -0.4 is 5.32 Å². The predicted octanol–water partition coefficient (Wildman–Crippen LogP) is 3.31. The van der Waals surface area contributed by atoms with Gasteiger partial charge in [-0.1, -0.05) is 6.92 Å². The Bertz CT molecular complexity index is 500. The maximum atomic E-state index is 13.8. The SMILES string of the molecule is CCNC(Cc1cncs1)c1cc(F)ccc1F. The average molecular weight is 268 g/mol. The highest BCUT2D eigenvalue weighted by Gasteiger charge is 2.17. The fourth-order valence-electron chi connectivity index (χ4n) is 1.86. The van der Waals surface area contributed by atoms with Gasteiger partial charge in [0, 0.05) is 29.1 Å². The van der Waals surface area contributed by atoms with Crippen molar-refractivity contribution >= 4 is 11.3 Å². The number of likely N-dealkylation sites (N-methyl/N-ethyl adjacent to an activating group) is 1. The number of thiazole rings is 1. The number of benzene rings is 1. The van der Waals surface area contributed by atoms with Gasteiger partial charge < -0.3 is 5.32 Å². The number of aromatic nitrogens is 1. The fourth-order valence-corrected chi connectivity index (χ4v) is 2.51. The zero-order valence-corrected chi connectivity index (χ0v) is 10.8. The van der Waals surface area contributed by atoms with E-state index >= 15 is 0 Å². The molecule has 96 valence electrons. The van der Waals surface area contributed by atoms with Gasteiger partial charge in [-0.25, -0.2) is 8.78 Å². The Balaban J connectivity index is 2.26. The van der Waals surface area contributed by atoms with Gasteiger partial charge >= 0.3 is 0 Å². The standard InChI is InChI=1S/C13H14F2N2S/c1-2-17-13(6-10-7-16-8-18-10)11-5-9(14)3-4-12(11)15/h3-5,7-8,13,17H,2,6H2,1H3. The molecular weight excluding hydrogens is 254 g/mol. The Morgan fingerprint density at radius 2 is 2.22 bits per heavy atom. The molecule has 2 nitrogen and oxygen atoms in total. The van der Waals surface area contributed by atoms with Crippen molar-refractivity contribution in [1.29, 1.82) is 0 Å². The molecule has 0 amide bonds. The third-order valence-corrected chi connectivity index (χ3v) is 3.47. The monoisotopic (exact) mass is 268 g/mol. The van der Waals surface area contributed by atoms with Crippen LogP contribution in [0.25, 0.3) is 0 Å². The summed E-state index contributed by atoms with van der Waals surface area (Å²) < 4.78 is 27.0. The molecule has 0 aliphatic carbocycles. The summed E-state index contributed by atoms with van der Waals surface area (Å²) in [5.41, 5.74) is 2.10. The first-order chi connectivity index (χ1) is 8.70. The van der Waals surface area contributed by atoms with E-state index in [0.29, 0.717) is 18.5 Å². The maximum Gasteiger partial charge on any atom is 0.128 e. The quantitative estimate of drug-likeness (QED) is 0.900. The Hall–Kier alpha value is -1.33. The summed E-state index contributed by atoms with van der Waals surface area (Å²) in [5, 5.41) is 3.18. The van der Waals surface area contributed by atoms with Crippen molar-refractivity contribution < 1.29 is 8.78 Å². The molecule has 1 aromatic carbocycles. The fraction of sp³-hybridized carbons (Fsp3) is 0.308. The van der Waals surface area contributed by atoms with Crippen LogP contribution in [0.4, 0.5) is 8.78 Å².